The van der Waals surface area contributed by atoms with Crippen LogP contribution in [-0.2, 0) is 10.3 Å². The molecule has 0 radical (unpaired) electrons. The molecule has 102 valence electrons. The number of aliphatic imine (C=N–C) groups is 1. The predicted molar refractivity (Wildman–Crippen MR) is 73.0 cm³/mol. The summed E-state index contributed by atoms with van der Waals surface area (Å²) in [5.74, 6) is 0.294. The van der Waals surface area contributed by atoms with Crippen molar-refractivity contribution in [2.75, 3.05) is 13.4 Å². The van der Waals surface area contributed by atoms with Crippen LogP contribution in [0.5, 0.6) is 5.75 Å². The maximum Gasteiger partial charge on any atom is 0.235 e. The summed E-state index contributed by atoms with van der Waals surface area (Å²) in [4.78, 5) is 15.5. The Balaban J connectivity index is 2.65. The fourth-order valence-corrected chi connectivity index (χ4v) is 3.37. The lowest BCUT2D eigenvalue weighted by atomic mass is 9.88. The number of halogens is 1. The van der Waals surface area contributed by atoms with Crippen LogP contribution in [0.4, 0.5) is 4.39 Å². The van der Waals surface area contributed by atoms with Crippen LogP contribution >= 0.6 is 11.8 Å². The van der Waals surface area contributed by atoms with E-state index in [4.69, 9.17) is 4.74 Å². The molecule has 2 rings (SSSR count). The van der Waals surface area contributed by atoms with E-state index < -0.39 is 5.54 Å². The Kier molecular flexibility index (Phi) is 4.27. The van der Waals surface area contributed by atoms with Gasteiger partial charge in [-0.1, -0.05) is 12.8 Å². The van der Waals surface area contributed by atoms with Crippen LogP contribution in [0.25, 0.3) is 0 Å². The monoisotopic (exact) mass is 281 g/mol. The molecule has 1 fully saturated rings. The van der Waals surface area contributed by atoms with Crippen molar-refractivity contribution in [3.63, 3.8) is 0 Å². The van der Waals surface area contributed by atoms with Gasteiger partial charge in [-0.3, -0.25) is 0 Å². The number of hydrogen-bond acceptors (Lipinski definition) is 4. The van der Waals surface area contributed by atoms with Crippen LogP contribution in [0.15, 0.2) is 22.0 Å². The van der Waals surface area contributed by atoms with E-state index >= 15 is 0 Å². The number of nitrogens with zero attached hydrogens (tertiary/aromatic N) is 1. The third kappa shape index (κ3) is 2.53. The first kappa shape index (κ1) is 14.1. The minimum atomic E-state index is -0.667. The first-order chi connectivity index (χ1) is 9.16. The first-order valence-corrected chi connectivity index (χ1v) is 7.40. The molecule has 1 aliphatic carbocycles. The highest BCUT2D eigenvalue weighted by atomic mass is 32.2. The standard InChI is InChI=1S/C14H16FNO2S/c1-18-13-11(7-10(15)8-12(13)19-2)14(16-9-17)5-3-4-6-14/h7-8H,3-6H2,1-2H3. The lowest BCUT2D eigenvalue weighted by Crippen LogP contribution is -2.20. The van der Waals surface area contributed by atoms with Crippen LogP contribution in [0.2, 0.25) is 0 Å². The Morgan fingerprint density at radius 2 is 2.11 bits per heavy atom. The molecular weight excluding hydrogens is 265 g/mol. The fraction of sp³-hybridized carbons (Fsp3) is 0.500. The van der Waals surface area contributed by atoms with Crippen molar-refractivity contribution in [1.29, 1.82) is 0 Å². The molecule has 0 aromatic heterocycles. The molecule has 1 aromatic carbocycles. The van der Waals surface area contributed by atoms with Crippen LogP contribution in [0, 0.1) is 5.82 Å². The lowest BCUT2D eigenvalue weighted by molar-refractivity contribution is 0.368. The van der Waals surface area contributed by atoms with Gasteiger partial charge in [-0.05, 0) is 31.2 Å². The number of methoxy groups -OCH3 is 1. The normalized spacial score (nSPS) is 17.0. The highest BCUT2D eigenvalue weighted by molar-refractivity contribution is 7.98. The van der Waals surface area contributed by atoms with E-state index in [1.54, 1.807) is 13.2 Å². The molecule has 0 heterocycles. The van der Waals surface area contributed by atoms with E-state index in [2.05, 4.69) is 4.99 Å². The zero-order chi connectivity index (χ0) is 13.9. The number of thioether (sulfide) groups is 1. The van der Waals surface area contributed by atoms with Gasteiger partial charge in [-0.15, -0.1) is 11.8 Å². The Morgan fingerprint density at radius 3 is 2.63 bits per heavy atom. The molecule has 1 aromatic rings. The van der Waals surface area contributed by atoms with Crippen LogP contribution in [-0.4, -0.2) is 19.4 Å². The Bertz CT molecular complexity index is 520. The van der Waals surface area contributed by atoms with Gasteiger partial charge < -0.3 is 4.74 Å². The Hall–Kier alpha value is -1.32. The quantitative estimate of drug-likeness (QED) is 0.480. The van der Waals surface area contributed by atoms with Crippen molar-refractivity contribution in [2.24, 2.45) is 4.99 Å². The molecule has 0 amide bonds. The molecule has 1 aliphatic rings. The Labute approximate surface area is 116 Å². The second-order valence-corrected chi connectivity index (χ2v) is 5.48. The third-order valence-electron chi connectivity index (χ3n) is 3.64. The number of hydrogen-bond donors (Lipinski definition) is 0. The molecule has 0 aliphatic heterocycles. The second kappa shape index (κ2) is 5.76. The van der Waals surface area contributed by atoms with Crippen LogP contribution in [0.3, 0.4) is 0 Å². The maximum absolute atomic E-state index is 13.8. The van der Waals surface area contributed by atoms with E-state index in [1.807, 2.05) is 6.26 Å². The van der Waals surface area contributed by atoms with E-state index in [0.717, 1.165) is 30.6 Å². The van der Waals surface area contributed by atoms with Gasteiger partial charge in [0.15, 0.2) is 0 Å². The van der Waals surface area contributed by atoms with Crippen molar-refractivity contribution in [3.8, 4) is 5.75 Å². The highest BCUT2D eigenvalue weighted by Gasteiger charge is 2.39. The molecule has 0 spiro atoms. The smallest absolute Gasteiger partial charge is 0.235 e. The van der Waals surface area contributed by atoms with E-state index in [1.165, 1.54) is 23.9 Å². The van der Waals surface area contributed by atoms with E-state index in [-0.39, 0.29) is 5.82 Å². The SMILES string of the molecule is COc1c(SC)cc(F)cc1C1(N=C=O)CCCC1. The van der Waals surface area contributed by atoms with Gasteiger partial charge in [0.1, 0.15) is 17.1 Å². The average molecular weight is 281 g/mol. The van der Waals surface area contributed by atoms with Gasteiger partial charge in [0.05, 0.1) is 12.0 Å². The molecule has 0 bridgehead atoms. The first-order valence-electron chi connectivity index (χ1n) is 6.18. The topological polar surface area (TPSA) is 38.7 Å². The van der Waals surface area contributed by atoms with Crippen LogP contribution in [0.1, 0.15) is 31.2 Å². The van der Waals surface area contributed by atoms with Gasteiger partial charge in [-0.2, -0.15) is 4.99 Å². The highest BCUT2D eigenvalue weighted by Crippen LogP contribution is 2.48. The van der Waals surface area contributed by atoms with Crippen LogP contribution < -0.4 is 4.74 Å². The van der Waals surface area contributed by atoms with E-state index in [9.17, 15) is 9.18 Å². The molecule has 0 saturated heterocycles. The Morgan fingerprint density at radius 1 is 1.42 bits per heavy atom. The molecule has 0 unspecified atom stereocenters. The largest absolute Gasteiger partial charge is 0.495 e. The molecule has 5 heteroatoms. The molecule has 3 nitrogen and oxygen atoms in total. The molecular formula is C14H16FNO2S. The van der Waals surface area contributed by atoms with Gasteiger partial charge >= 0.3 is 0 Å². The van der Waals surface area contributed by atoms with Gasteiger partial charge in [-0.25, -0.2) is 9.18 Å². The summed E-state index contributed by atoms with van der Waals surface area (Å²) in [7, 11) is 1.56. The minimum absolute atomic E-state index is 0.326. The second-order valence-electron chi connectivity index (χ2n) is 4.63. The number of benzene rings is 1. The minimum Gasteiger partial charge on any atom is -0.495 e. The summed E-state index contributed by atoms with van der Waals surface area (Å²) in [6.45, 7) is 0. The fourth-order valence-electron chi connectivity index (χ4n) is 2.77. The lowest BCUT2D eigenvalue weighted by Gasteiger charge is -2.26. The van der Waals surface area contributed by atoms with Crippen molar-refractivity contribution < 1.29 is 13.9 Å². The van der Waals surface area contributed by atoms with Crippen molar-refractivity contribution in [2.45, 2.75) is 36.1 Å². The molecule has 0 atom stereocenters. The number of carbonyl (C=O) groups excluding carboxylic acids is 1. The summed E-state index contributed by atoms with van der Waals surface area (Å²) in [5, 5.41) is 0. The van der Waals surface area contributed by atoms with Crippen molar-refractivity contribution in [1.82, 2.24) is 0 Å². The van der Waals surface area contributed by atoms with Crippen molar-refractivity contribution >= 4 is 17.8 Å². The van der Waals surface area contributed by atoms with Gasteiger partial charge in [0.2, 0.25) is 6.08 Å². The number of ether oxygens (including phenoxy) is 1. The summed E-state index contributed by atoms with van der Waals surface area (Å²) in [6.07, 6.45) is 6.92. The summed E-state index contributed by atoms with van der Waals surface area (Å²) in [5.41, 5.74) is -0.000139. The summed E-state index contributed by atoms with van der Waals surface area (Å²) in [6, 6.07) is 2.88. The summed E-state index contributed by atoms with van der Waals surface area (Å²) >= 11 is 1.42. The predicted octanol–water partition coefficient (Wildman–Crippen LogP) is 3.66. The average Bonchev–Trinajstić information content (AvgIpc) is 2.87. The maximum atomic E-state index is 13.8. The van der Waals surface area contributed by atoms with E-state index in [0.29, 0.717) is 11.3 Å². The van der Waals surface area contributed by atoms with Crippen molar-refractivity contribution in [3.05, 3.63) is 23.5 Å². The molecule has 19 heavy (non-hydrogen) atoms. The zero-order valence-electron chi connectivity index (χ0n) is 11.0. The number of rotatable bonds is 4. The molecule has 1 saturated carbocycles. The van der Waals surface area contributed by atoms with Gasteiger partial charge in [0, 0.05) is 5.56 Å². The van der Waals surface area contributed by atoms with Gasteiger partial charge in [0.25, 0.3) is 0 Å². The zero-order valence-corrected chi connectivity index (χ0v) is 11.8. The third-order valence-corrected chi connectivity index (χ3v) is 4.38. The number of isocyanates is 1. The molecule has 0 N–H and O–H groups in total. The summed E-state index contributed by atoms with van der Waals surface area (Å²) < 4.78 is 19.2.